The highest BCUT2D eigenvalue weighted by Crippen LogP contribution is 2.40. The summed E-state index contributed by atoms with van der Waals surface area (Å²) in [5.41, 5.74) is 3.16. The predicted octanol–water partition coefficient (Wildman–Crippen LogP) is 3.42. The number of methoxy groups -OCH3 is 3. The first kappa shape index (κ1) is 23.9. The summed E-state index contributed by atoms with van der Waals surface area (Å²) in [4.78, 5) is 17.3. The first-order valence-corrected chi connectivity index (χ1v) is 11.1. The van der Waals surface area contributed by atoms with E-state index in [9.17, 15) is 4.79 Å². The molecule has 3 rings (SSSR count). The van der Waals surface area contributed by atoms with Crippen molar-refractivity contribution in [2.45, 2.75) is 32.9 Å². The van der Waals surface area contributed by atoms with Crippen molar-refractivity contribution in [3.63, 3.8) is 0 Å². The van der Waals surface area contributed by atoms with Crippen molar-refractivity contribution in [1.29, 1.82) is 0 Å². The summed E-state index contributed by atoms with van der Waals surface area (Å²) < 4.78 is 16.5. The molecule has 32 heavy (non-hydrogen) atoms. The molecule has 1 saturated heterocycles. The second-order valence-corrected chi connectivity index (χ2v) is 8.02. The maximum Gasteiger partial charge on any atom is 0.241 e. The highest BCUT2D eigenvalue weighted by atomic mass is 16.5. The molecule has 2 aromatic carbocycles. The van der Waals surface area contributed by atoms with E-state index in [2.05, 4.69) is 34.2 Å². The van der Waals surface area contributed by atoms with Gasteiger partial charge in [0, 0.05) is 44.0 Å². The maximum absolute atomic E-state index is 12.7. The van der Waals surface area contributed by atoms with Crippen LogP contribution < -0.4 is 19.5 Å². The normalized spacial score (nSPS) is 15.8. The third-order valence-electron chi connectivity index (χ3n) is 6.14. The van der Waals surface area contributed by atoms with Crippen LogP contribution in [0.25, 0.3) is 0 Å². The molecular formula is C25H35N3O4. The number of benzene rings is 2. The van der Waals surface area contributed by atoms with E-state index in [1.165, 1.54) is 5.56 Å². The van der Waals surface area contributed by atoms with E-state index >= 15 is 0 Å². The van der Waals surface area contributed by atoms with Crippen LogP contribution in [0.5, 0.6) is 17.2 Å². The van der Waals surface area contributed by atoms with Crippen LogP contribution in [0.4, 0.5) is 5.69 Å². The van der Waals surface area contributed by atoms with Gasteiger partial charge in [0.2, 0.25) is 11.7 Å². The molecule has 0 radical (unpaired) electrons. The lowest BCUT2D eigenvalue weighted by atomic mass is 10.1. The second kappa shape index (κ2) is 11.2. The minimum absolute atomic E-state index is 0.0317. The highest BCUT2D eigenvalue weighted by molar-refractivity contribution is 5.94. The topological polar surface area (TPSA) is 63.3 Å². The van der Waals surface area contributed by atoms with Gasteiger partial charge in [-0.3, -0.25) is 14.6 Å². The number of hydrogen-bond donors (Lipinski definition) is 1. The van der Waals surface area contributed by atoms with Crippen LogP contribution in [-0.2, 0) is 17.8 Å². The molecule has 0 saturated carbocycles. The lowest BCUT2D eigenvalue weighted by molar-refractivity contribution is -0.121. The quantitative estimate of drug-likeness (QED) is 0.643. The third kappa shape index (κ3) is 5.53. The molecule has 0 spiro atoms. The Morgan fingerprint density at radius 2 is 1.59 bits per heavy atom. The Hall–Kier alpha value is -2.77. The number of amides is 1. The maximum atomic E-state index is 12.7. The van der Waals surface area contributed by atoms with Crippen molar-refractivity contribution in [1.82, 2.24) is 9.80 Å². The summed E-state index contributed by atoms with van der Waals surface area (Å²) in [6, 6.07) is 11.8. The van der Waals surface area contributed by atoms with Crippen LogP contribution in [0.2, 0.25) is 0 Å². The number of rotatable bonds is 9. The van der Waals surface area contributed by atoms with Crippen LogP contribution in [0, 0.1) is 0 Å². The van der Waals surface area contributed by atoms with Crippen molar-refractivity contribution in [3.05, 3.63) is 47.5 Å². The molecule has 1 heterocycles. The van der Waals surface area contributed by atoms with Crippen LogP contribution in [0.1, 0.15) is 25.0 Å². The van der Waals surface area contributed by atoms with E-state index < -0.39 is 0 Å². The van der Waals surface area contributed by atoms with Gasteiger partial charge in [-0.05, 0) is 37.1 Å². The summed E-state index contributed by atoms with van der Waals surface area (Å²) in [7, 11) is 4.88. The zero-order chi connectivity index (χ0) is 23.1. The monoisotopic (exact) mass is 441 g/mol. The Labute approximate surface area is 191 Å². The second-order valence-electron chi connectivity index (χ2n) is 8.02. The standard InChI is InChI=1S/C25H35N3O4/c1-6-19-7-10-21(11-8-19)26-25(29)18(2)28-15-13-27(14-16-28)17-20-9-12-22(30-3)24(32-5)23(20)31-4/h7-12,18H,6,13-17H2,1-5H3,(H,26,29). The Bertz CT molecular complexity index is 893. The van der Waals surface area contributed by atoms with E-state index in [0.717, 1.165) is 50.4 Å². The Morgan fingerprint density at radius 1 is 0.938 bits per heavy atom. The smallest absolute Gasteiger partial charge is 0.241 e. The average molecular weight is 442 g/mol. The summed E-state index contributed by atoms with van der Waals surface area (Å²) in [6.45, 7) is 8.26. The minimum atomic E-state index is -0.182. The van der Waals surface area contributed by atoms with Gasteiger partial charge in [-0.25, -0.2) is 0 Å². The largest absolute Gasteiger partial charge is 0.493 e. The summed E-state index contributed by atoms with van der Waals surface area (Å²) in [5, 5.41) is 3.04. The van der Waals surface area contributed by atoms with E-state index in [-0.39, 0.29) is 11.9 Å². The molecule has 2 aromatic rings. The summed E-state index contributed by atoms with van der Waals surface area (Å²) in [6.07, 6.45) is 0.990. The highest BCUT2D eigenvalue weighted by Gasteiger charge is 2.26. The number of hydrogen-bond acceptors (Lipinski definition) is 6. The van der Waals surface area contributed by atoms with Crippen molar-refractivity contribution in [2.24, 2.45) is 0 Å². The molecule has 1 N–H and O–H groups in total. The number of aryl methyl sites for hydroxylation is 1. The fraction of sp³-hybridized carbons (Fsp3) is 0.480. The van der Waals surface area contributed by atoms with Crippen LogP contribution in [0.3, 0.4) is 0 Å². The molecule has 0 bridgehead atoms. The first-order valence-electron chi connectivity index (χ1n) is 11.1. The van der Waals surface area contributed by atoms with Gasteiger partial charge in [0.25, 0.3) is 0 Å². The Morgan fingerprint density at radius 3 is 2.16 bits per heavy atom. The number of nitrogens with one attached hydrogen (secondary N) is 1. The van der Waals surface area contributed by atoms with Crippen molar-refractivity contribution < 1.29 is 19.0 Å². The number of anilines is 1. The van der Waals surface area contributed by atoms with Crippen LogP contribution in [0.15, 0.2) is 36.4 Å². The predicted molar refractivity (Wildman–Crippen MR) is 127 cm³/mol. The number of nitrogens with zero attached hydrogens (tertiary/aromatic N) is 2. The lowest BCUT2D eigenvalue weighted by Crippen LogP contribution is -2.52. The van der Waals surface area contributed by atoms with Gasteiger partial charge in [-0.15, -0.1) is 0 Å². The van der Waals surface area contributed by atoms with Crippen molar-refractivity contribution in [3.8, 4) is 17.2 Å². The Balaban J connectivity index is 1.56. The molecule has 0 aromatic heterocycles. The van der Waals surface area contributed by atoms with E-state index in [0.29, 0.717) is 17.2 Å². The van der Waals surface area contributed by atoms with E-state index in [1.807, 2.05) is 31.2 Å². The molecule has 1 fully saturated rings. The van der Waals surface area contributed by atoms with Gasteiger partial charge >= 0.3 is 0 Å². The molecule has 174 valence electrons. The molecule has 7 nitrogen and oxygen atoms in total. The summed E-state index contributed by atoms with van der Waals surface area (Å²) in [5.74, 6) is 2.01. The van der Waals surface area contributed by atoms with Crippen molar-refractivity contribution in [2.75, 3.05) is 52.8 Å². The van der Waals surface area contributed by atoms with Crippen LogP contribution >= 0.6 is 0 Å². The van der Waals surface area contributed by atoms with Gasteiger partial charge in [0.1, 0.15) is 0 Å². The zero-order valence-corrected chi connectivity index (χ0v) is 19.8. The molecule has 1 atom stereocenters. The van der Waals surface area contributed by atoms with Gasteiger partial charge < -0.3 is 19.5 Å². The molecular weight excluding hydrogens is 406 g/mol. The van der Waals surface area contributed by atoms with E-state index in [4.69, 9.17) is 14.2 Å². The molecule has 1 amide bonds. The minimum Gasteiger partial charge on any atom is -0.493 e. The lowest BCUT2D eigenvalue weighted by Gasteiger charge is -2.37. The fourth-order valence-corrected chi connectivity index (χ4v) is 4.07. The number of piperazine rings is 1. The number of ether oxygens (including phenoxy) is 3. The first-order chi connectivity index (χ1) is 15.5. The van der Waals surface area contributed by atoms with Gasteiger partial charge in [0.15, 0.2) is 11.5 Å². The number of carbonyl (C=O) groups is 1. The van der Waals surface area contributed by atoms with Gasteiger partial charge in [0.05, 0.1) is 27.4 Å². The summed E-state index contributed by atoms with van der Waals surface area (Å²) >= 11 is 0. The van der Waals surface area contributed by atoms with Crippen molar-refractivity contribution >= 4 is 11.6 Å². The number of carbonyl (C=O) groups excluding carboxylic acids is 1. The fourth-order valence-electron chi connectivity index (χ4n) is 4.07. The SMILES string of the molecule is CCc1ccc(NC(=O)C(C)N2CCN(Cc3ccc(OC)c(OC)c3OC)CC2)cc1. The molecule has 0 aliphatic carbocycles. The Kier molecular flexibility index (Phi) is 8.36. The zero-order valence-electron chi connectivity index (χ0n) is 19.8. The molecule has 7 heteroatoms. The molecule has 1 unspecified atom stereocenters. The average Bonchev–Trinajstić information content (AvgIpc) is 2.84. The molecule has 1 aliphatic rings. The van der Waals surface area contributed by atoms with Gasteiger partial charge in [-0.2, -0.15) is 0 Å². The van der Waals surface area contributed by atoms with Gasteiger partial charge in [-0.1, -0.05) is 25.1 Å². The third-order valence-corrected chi connectivity index (χ3v) is 6.14. The van der Waals surface area contributed by atoms with Crippen LogP contribution in [-0.4, -0.2) is 69.3 Å². The molecule has 1 aliphatic heterocycles. The van der Waals surface area contributed by atoms with E-state index in [1.54, 1.807) is 21.3 Å².